The smallest absolute Gasteiger partial charge is 0.255 e. The highest BCUT2D eigenvalue weighted by Gasteiger charge is 2.25. The number of nitrogens with two attached hydrogens (primary N) is 1. The summed E-state index contributed by atoms with van der Waals surface area (Å²) in [5, 5.41) is 6.83. The molecule has 0 aliphatic rings. The predicted molar refractivity (Wildman–Crippen MR) is 71.3 cm³/mol. The van der Waals surface area contributed by atoms with Crippen LogP contribution >= 0.6 is 12.2 Å². The summed E-state index contributed by atoms with van der Waals surface area (Å²) in [7, 11) is 0. The maximum Gasteiger partial charge on any atom is 0.255 e. The van der Waals surface area contributed by atoms with Crippen molar-refractivity contribution in [1.82, 2.24) is 19.9 Å². The van der Waals surface area contributed by atoms with Crippen LogP contribution in [0.2, 0.25) is 0 Å². The summed E-state index contributed by atoms with van der Waals surface area (Å²) in [4.78, 5) is 16.3. The van der Waals surface area contributed by atoms with E-state index in [-0.39, 0.29) is 10.9 Å². The molecule has 0 bridgehead atoms. The first-order valence-corrected chi connectivity index (χ1v) is 5.72. The number of rotatable bonds is 3. The normalized spacial score (nSPS) is 11.4. The minimum atomic E-state index is -0.747. The van der Waals surface area contributed by atoms with Crippen molar-refractivity contribution in [3.63, 3.8) is 0 Å². The Morgan fingerprint density at radius 3 is 2.89 bits per heavy atom. The highest BCUT2D eigenvalue weighted by molar-refractivity contribution is 7.80. The molecule has 2 aromatic heterocycles. The van der Waals surface area contributed by atoms with Crippen molar-refractivity contribution in [3.8, 4) is 0 Å². The van der Waals surface area contributed by atoms with E-state index in [0.29, 0.717) is 11.1 Å². The van der Waals surface area contributed by atoms with Gasteiger partial charge in [-0.3, -0.25) is 9.78 Å². The predicted octanol–water partition coefficient (Wildman–Crippen LogP) is 0.524. The Bertz CT molecular complexity index is 619. The summed E-state index contributed by atoms with van der Waals surface area (Å²) in [6, 6.07) is 0. The lowest BCUT2D eigenvalue weighted by atomic mass is 10.1. The standard InChI is InChI=1S/C11H13N5OS/c1-11(2,10(12)18)15-9(17)7-5-14-16-4-3-13-6-8(7)16/h3-6H,1-2H3,(H2,12,18)(H,15,17). The van der Waals surface area contributed by atoms with Gasteiger partial charge in [-0.05, 0) is 13.8 Å². The topological polar surface area (TPSA) is 85.3 Å². The fourth-order valence-corrected chi connectivity index (χ4v) is 1.47. The zero-order chi connectivity index (χ0) is 13.3. The zero-order valence-electron chi connectivity index (χ0n) is 10.0. The summed E-state index contributed by atoms with van der Waals surface area (Å²) in [5.41, 5.74) is 5.89. The van der Waals surface area contributed by atoms with Gasteiger partial charge in [0.1, 0.15) is 0 Å². The lowest BCUT2D eigenvalue weighted by Crippen LogP contribution is -2.52. The molecule has 0 spiro atoms. The first-order valence-electron chi connectivity index (χ1n) is 5.31. The lowest BCUT2D eigenvalue weighted by Gasteiger charge is -2.24. The van der Waals surface area contributed by atoms with E-state index in [2.05, 4.69) is 15.4 Å². The molecule has 6 nitrogen and oxygen atoms in total. The second-order valence-electron chi connectivity index (χ2n) is 4.41. The largest absolute Gasteiger partial charge is 0.391 e. The van der Waals surface area contributed by atoms with Gasteiger partial charge >= 0.3 is 0 Å². The van der Waals surface area contributed by atoms with E-state index in [0.717, 1.165) is 0 Å². The second-order valence-corrected chi connectivity index (χ2v) is 4.85. The SMILES string of the molecule is CC(C)(NC(=O)c1cnn2ccncc12)C(N)=S. The van der Waals surface area contributed by atoms with Crippen LogP contribution in [0.1, 0.15) is 24.2 Å². The summed E-state index contributed by atoms with van der Waals surface area (Å²) in [5.74, 6) is -0.282. The van der Waals surface area contributed by atoms with Crippen LogP contribution in [0.5, 0.6) is 0 Å². The molecule has 2 rings (SSSR count). The molecule has 0 aliphatic heterocycles. The van der Waals surface area contributed by atoms with Gasteiger partial charge in [0.15, 0.2) is 0 Å². The van der Waals surface area contributed by atoms with Crippen LogP contribution < -0.4 is 11.1 Å². The Morgan fingerprint density at radius 2 is 2.22 bits per heavy atom. The number of amides is 1. The van der Waals surface area contributed by atoms with Crippen molar-refractivity contribution in [2.24, 2.45) is 5.73 Å². The number of nitrogens with zero attached hydrogens (tertiary/aromatic N) is 3. The minimum Gasteiger partial charge on any atom is -0.391 e. The van der Waals surface area contributed by atoms with Crippen LogP contribution in [-0.2, 0) is 0 Å². The molecule has 0 saturated carbocycles. The molecule has 18 heavy (non-hydrogen) atoms. The Labute approximate surface area is 109 Å². The molecule has 0 unspecified atom stereocenters. The fourth-order valence-electron chi connectivity index (χ4n) is 1.42. The van der Waals surface area contributed by atoms with E-state index in [1.165, 1.54) is 6.20 Å². The first-order chi connectivity index (χ1) is 8.42. The number of carbonyl (C=O) groups is 1. The van der Waals surface area contributed by atoms with E-state index in [1.54, 1.807) is 37.0 Å². The van der Waals surface area contributed by atoms with E-state index in [9.17, 15) is 4.79 Å². The summed E-state index contributed by atoms with van der Waals surface area (Å²) in [6.45, 7) is 3.49. The van der Waals surface area contributed by atoms with Gasteiger partial charge in [-0.25, -0.2) is 4.52 Å². The number of hydrogen-bond donors (Lipinski definition) is 2. The van der Waals surface area contributed by atoms with Gasteiger partial charge in [-0.2, -0.15) is 5.10 Å². The molecule has 0 aliphatic carbocycles. The van der Waals surface area contributed by atoms with Crippen molar-refractivity contribution < 1.29 is 4.79 Å². The summed E-state index contributed by atoms with van der Waals surface area (Å²) >= 11 is 4.91. The van der Waals surface area contributed by atoms with Gasteiger partial charge in [0.2, 0.25) is 0 Å². The molecule has 0 saturated heterocycles. The van der Waals surface area contributed by atoms with E-state index in [1.807, 2.05) is 0 Å². The molecule has 1 amide bonds. The maximum absolute atomic E-state index is 12.1. The van der Waals surface area contributed by atoms with Gasteiger partial charge in [0.25, 0.3) is 5.91 Å². The summed E-state index contributed by atoms with van der Waals surface area (Å²) < 4.78 is 1.58. The summed E-state index contributed by atoms with van der Waals surface area (Å²) in [6.07, 6.45) is 6.34. The highest BCUT2D eigenvalue weighted by atomic mass is 32.1. The van der Waals surface area contributed by atoms with E-state index in [4.69, 9.17) is 18.0 Å². The molecule has 2 heterocycles. The third kappa shape index (κ3) is 2.17. The molecule has 94 valence electrons. The molecular weight excluding hydrogens is 250 g/mol. The van der Waals surface area contributed by atoms with Gasteiger partial charge in [0, 0.05) is 12.4 Å². The van der Waals surface area contributed by atoms with Crippen LogP contribution in [0.25, 0.3) is 5.52 Å². The number of aromatic nitrogens is 3. The zero-order valence-corrected chi connectivity index (χ0v) is 10.9. The Kier molecular flexibility index (Phi) is 3.00. The quantitative estimate of drug-likeness (QED) is 0.789. The molecule has 0 fully saturated rings. The Balaban J connectivity index is 2.32. The minimum absolute atomic E-state index is 0.227. The van der Waals surface area contributed by atoms with E-state index >= 15 is 0 Å². The lowest BCUT2D eigenvalue weighted by molar-refractivity contribution is 0.0934. The van der Waals surface area contributed by atoms with Gasteiger partial charge in [-0.1, -0.05) is 12.2 Å². The van der Waals surface area contributed by atoms with Crippen LogP contribution in [0.3, 0.4) is 0 Å². The number of carbonyl (C=O) groups excluding carboxylic acids is 1. The van der Waals surface area contributed by atoms with Crippen LogP contribution in [0, 0.1) is 0 Å². The monoisotopic (exact) mass is 263 g/mol. The van der Waals surface area contributed by atoms with Crippen molar-refractivity contribution in [2.75, 3.05) is 0 Å². The third-order valence-corrected chi connectivity index (χ3v) is 3.12. The number of thiocarbonyl (C=S) groups is 1. The fraction of sp³-hybridized carbons (Fsp3) is 0.273. The van der Waals surface area contributed by atoms with Crippen molar-refractivity contribution in [2.45, 2.75) is 19.4 Å². The third-order valence-electron chi connectivity index (χ3n) is 2.61. The molecule has 0 radical (unpaired) electrons. The molecule has 0 atom stereocenters. The maximum atomic E-state index is 12.1. The average molecular weight is 263 g/mol. The van der Waals surface area contributed by atoms with Gasteiger partial charge < -0.3 is 11.1 Å². The first kappa shape index (κ1) is 12.4. The Morgan fingerprint density at radius 1 is 1.50 bits per heavy atom. The van der Waals surface area contributed by atoms with Crippen LogP contribution in [0.15, 0.2) is 24.8 Å². The molecular formula is C11H13N5OS. The molecule has 3 N–H and O–H groups in total. The van der Waals surface area contributed by atoms with Crippen molar-refractivity contribution in [3.05, 3.63) is 30.4 Å². The van der Waals surface area contributed by atoms with Gasteiger partial charge in [-0.15, -0.1) is 0 Å². The Hall–Kier alpha value is -2.02. The molecule has 0 aromatic carbocycles. The highest BCUT2D eigenvalue weighted by Crippen LogP contribution is 2.11. The van der Waals surface area contributed by atoms with E-state index < -0.39 is 5.54 Å². The number of nitrogens with one attached hydrogen (secondary N) is 1. The molecule has 7 heteroatoms. The van der Waals surface area contributed by atoms with Crippen LogP contribution in [-0.4, -0.2) is 31.0 Å². The second kappa shape index (κ2) is 4.34. The van der Waals surface area contributed by atoms with Crippen LogP contribution in [0.4, 0.5) is 0 Å². The van der Waals surface area contributed by atoms with Crippen molar-refractivity contribution in [1.29, 1.82) is 0 Å². The molecule has 2 aromatic rings. The van der Waals surface area contributed by atoms with Gasteiger partial charge in [0.05, 0.1) is 34.0 Å². The van der Waals surface area contributed by atoms with Crippen molar-refractivity contribution >= 4 is 28.6 Å². The average Bonchev–Trinajstić information content (AvgIpc) is 2.71. The number of hydrogen-bond acceptors (Lipinski definition) is 4. The number of fused-ring (bicyclic) bond motifs is 1.